The van der Waals surface area contributed by atoms with E-state index >= 15 is 0 Å². The van der Waals surface area contributed by atoms with Gasteiger partial charge in [0.25, 0.3) is 0 Å². The van der Waals surface area contributed by atoms with Crippen molar-refractivity contribution in [2.75, 3.05) is 12.3 Å². The van der Waals surface area contributed by atoms with Gasteiger partial charge in [0.2, 0.25) is 0 Å². The summed E-state index contributed by atoms with van der Waals surface area (Å²) in [6.07, 6.45) is 0.827. The number of aromatic nitrogens is 1. The fraction of sp³-hybridized carbons (Fsp3) is 0.308. The van der Waals surface area contributed by atoms with Crippen LogP contribution in [0, 0.1) is 13.8 Å². The molecule has 0 spiro atoms. The van der Waals surface area contributed by atoms with Crippen LogP contribution < -0.4 is 10.5 Å². The van der Waals surface area contributed by atoms with Gasteiger partial charge in [-0.3, -0.25) is 0 Å². The van der Waals surface area contributed by atoms with Crippen molar-refractivity contribution in [3.05, 3.63) is 39.8 Å². The molecule has 0 saturated heterocycles. The molecule has 0 bridgehead atoms. The Balaban J connectivity index is 1.90. The molecule has 2 aromatic rings. The quantitative estimate of drug-likeness (QED) is 0.846. The Bertz CT molecular complexity index is 488. The molecule has 0 aliphatic heterocycles. The SMILES string of the molecule is Cc1nc(CCOc2ccccc2N)sc1C. The van der Waals surface area contributed by atoms with Crippen LogP contribution in [0.4, 0.5) is 5.69 Å². The molecule has 1 heterocycles. The summed E-state index contributed by atoms with van der Waals surface area (Å²) < 4.78 is 5.63. The van der Waals surface area contributed by atoms with Gasteiger partial charge in [-0.1, -0.05) is 12.1 Å². The number of thiazole rings is 1. The molecule has 3 nitrogen and oxygen atoms in total. The molecule has 0 saturated carbocycles. The van der Waals surface area contributed by atoms with E-state index in [0.29, 0.717) is 12.3 Å². The summed E-state index contributed by atoms with van der Waals surface area (Å²) in [6.45, 7) is 4.73. The smallest absolute Gasteiger partial charge is 0.142 e. The lowest BCUT2D eigenvalue weighted by Gasteiger charge is -2.06. The predicted octanol–water partition coefficient (Wildman–Crippen LogP) is 2.96. The summed E-state index contributed by atoms with van der Waals surface area (Å²) >= 11 is 1.73. The molecule has 0 radical (unpaired) electrons. The monoisotopic (exact) mass is 248 g/mol. The molecule has 0 fully saturated rings. The summed E-state index contributed by atoms with van der Waals surface area (Å²) in [4.78, 5) is 5.75. The first kappa shape index (κ1) is 11.9. The molecule has 0 aliphatic rings. The van der Waals surface area contributed by atoms with Gasteiger partial charge in [0.15, 0.2) is 0 Å². The number of nitrogens with zero attached hydrogens (tertiary/aromatic N) is 1. The van der Waals surface area contributed by atoms with Gasteiger partial charge in [0, 0.05) is 11.3 Å². The Kier molecular flexibility index (Phi) is 3.64. The minimum Gasteiger partial charge on any atom is -0.491 e. The molecule has 0 aliphatic carbocycles. The number of hydrogen-bond donors (Lipinski definition) is 1. The van der Waals surface area contributed by atoms with Crippen LogP contribution in [0.1, 0.15) is 15.6 Å². The molecule has 4 heteroatoms. The number of aryl methyl sites for hydroxylation is 2. The van der Waals surface area contributed by atoms with E-state index in [0.717, 1.165) is 22.9 Å². The lowest BCUT2D eigenvalue weighted by molar-refractivity contribution is 0.323. The van der Waals surface area contributed by atoms with Crippen LogP contribution in [0.5, 0.6) is 5.75 Å². The van der Waals surface area contributed by atoms with E-state index in [1.54, 1.807) is 11.3 Å². The lowest BCUT2D eigenvalue weighted by Crippen LogP contribution is -2.03. The van der Waals surface area contributed by atoms with Gasteiger partial charge in [-0.15, -0.1) is 11.3 Å². The summed E-state index contributed by atoms with van der Waals surface area (Å²) in [7, 11) is 0. The number of nitrogens with two attached hydrogens (primary N) is 1. The fourth-order valence-electron chi connectivity index (χ4n) is 1.51. The lowest BCUT2D eigenvalue weighted by atomic mass is 10.3. The first-order valence-corrected chi connectivity index (χ1v) is 6.38. The van der Waals surface area contributed by atoms with Gasteiger partial charge in [-0.2, -0.15) is 0 Å². The highest BCUT2D eigenvalue weighted by Gasteiger charge is 2.04. The zero-order chi connectivity index (χ0) is 12.3. The van der Waals surface area contributed by atoms with E-state index < -0.39 is 0 Å². The zero-order valence-electron chi connectivity index (χ0n) is 10.1. The summed E-state index contributed by atoms with van der Waals surface area (Å²) in [6, 6.07) is 7.54. The Labute approximate surface area is 105 Å². The number of ether oxygens (including phenoxy) is 1. The molecule has 0 atom stereocenters. The summed E-state index contributed by atoms with van der Waals surface area (Å²) in [5.74, 6) is 0.748. The first-order valence-electron chi connectivity index (χ1n) is 5.57. The van der Waals surface area contributed by atoms with Crippen LogP contribution in [0.25, 0.3) is 0 Å². The van der Waals surface area contributed by atoms with E-state index in [2.05, 4.69) is 11.9 Å². The zero-order valence-corrected chi connectivity index (χ0v) is 10.9. The number of para-hydroxylation sites is 2. The fourth-order valence-corrected chi connectivity index (χ4v) is 2.42. The average Bonchev–Trinajstić information content (AvgIpc) is 2.61. The number of hydrogen-bond acceptors (Lipinski definition) is 4. The molecule has 1 aromatic heterocycles. The molecule has 17 heavy (non-hydrogen) atoms. The Morgan fingerprint density at radius 3 is 2.71 bits per heavy atom. The minimum absolute atomic E-state index is 0.612. The highest BCUT2D eigenvalue weighted by molar-refractivity contribution is 7.11. The Hall–Kier alpha value is -1.55. The van der Waals surface area contributed by atoms with E-state index in [1.165, 1.54) is 4.88 Å². The van der Waals surface area contributed by atoms with Crippen molar-refractivity contribution >= 4 is 17.0 Å². The second-order valence-corrected chi connectivity index (χ2v) is 5.17. The van der Waals surface area contributed by atoms with Crippen LogP contribution in [-0.4, -0.2) is 11.6 Å². The number of benzene rings is 1. The summed E-state index contributed by atoms with van der Waals surface area (Å²) in [5.41, 5.74) is 7.58. The molecular formula is C13H16N2OS. The molecule has 2 N–H and O–H groups in total. The molecular weight excluding hydrogens is 232 g/mol. The third kappa shape index (κ3) is 2.97. The Morgan fingerprint density at radius 1 is 1.29 bits per heavy atom. The average molecular weight is 248 g/mol. The summed E-state index contributed by atoms with van der Waals surface area (Å²) in [5, 5.41) is 1.12. The maximum atomic E-state index is 5.79. The molecule has 90 valence electrons. The standard InChI is InChI=1S/C13H16N2OS/c1-9-10(2)17-13(15-9)7-8-16-12-6-4-3-5-11(12)14/h3-6H,7-8,14H2,1-2H3. The van der Waals surface area contributed by atoms with Gasteiger partial charge in [-0.25, -0.2) is 4.98 Å². The van der Waals surface area contributed by atoms with Crippen LogP contribution >= 0.6 is 11.3 Å². The number of nitrogen functional groups attached to an aromatic ring is 1. The van der Waals surface area contributed by atoms with Crippen molar-refractivity contribution in [3.63, 3.8) is 0 Å². The van der Waals surface area contributed by atoms with Crippen molar-refractivity contribution in [2.24, 2.45) is 0 Å². The van der Waals surface area contributed by atoms with Crippen molar-refractivity contribution in [3.8, 4) is 5.75 Å². The van der Waals surface area contributed by atoms with Crippen molar-refractivity contribution in [1.82, 2.24) is 4.98 Å². The highest BCUT2D eigenvalue weighted by Crippen LogP contribution is 2.21. The topological polar surface area (TPSA) is 48.1 Å². The van der Waals surface area contributed by atoms with Crippen molar-refractivity contribution in [2.45, 2.75) is 20.3 Å². The minimum atomic E-state index is 0.612. The second kappa shape index (κ2) is 5.19. The molecule has 1 aromatic carbocycles. The second-order valence-electron chi connectivity index (χ2n) is 3.89. The van der Waals surface area contributed by atoms with Crippen molar-refractivity contribution in [1.29, 1.82) is 0 Å². The highest BCUT2D eigenvalue weighted by atomic mass is 32.1. The van der Waals surface area contributed by atoms with Gasteiger partial charge >= 0.3 is 0 Å². The van der Waals surface area contributed by atoms with E-state index in [9.17, 15) is 0 Å². The van der Waals surface area contributed by atoms with Gasteiger partial charge in [0.1, 0.15) is 5.75 Å². The van der Waals surface area contributed by atoms with E-state index in [-0.39, 0.29) is 0 Å². The molecule has 0 amide bonds. The number of anilines is 1. The van der Waals surface area contributed by atoms with E-state index in [4.69, 9.17) is 10.5 Å². The predicted molar refractivity (Wildman–Crippen MR) is 71.6 cm³/mol. The third-order valence-electron chi connectivity index (χ3n) is 2.57. The van der Waals surface area contributed by atoms with Crippen LogP contribution in [-0.2, 0) is 6.42 Å². The third-order valence-corrected chi connectivity index (χ3v) is 3.70. The van der Waals surface area contributed by atoms with Crippen LogP contribution in [0.2, 0.25) is 0 Å². The van der Waals surface area contributed by atoms with Gasteiger partial charge in [-0.05, 0) is 26.0 Å². The van der Waals surface area contributed by atoms with Crippen LogP contribution in [0.3, 0.4) is 0 Å². The molecule has 2 rings (SSSR count). The van der Waals surface area contributed by atoms with E-state index in [1.807, 2.05) is 31.2 Å². The maximum Gasteiger partial charge on any atom is 0.142 e. The van der Waals surface area contributed by atoms with Gasteiger partial charge < -0.3 is 10.5 Å². The Morgan fingerprint density at radius 2 is 2.06 bits per heavy atom. The maximum absolute atomic E-state index is 5.79. The van der Waals surface area contributed by atoms with Crippen LogP contribution in [0.15, 0.2) is 24.3 Å². The van der Waals surface area contributed by atoms with Crippen molar-refractivity contribution < 1.29 is 4.74 Å². The molecule has 0 unspecified atom stereocenters. The number of rotatable bonds is 4. The first-order chi connectivity index (χ1) is 8.16. The van der Waals surface area contributed by atoms with Gasteiger partial charge in [0.05, 0.1) is 23.0 Å². The largest absolute Gasteiger partial charge is 0.491 e. The normalized spacial score (nSPS) is 10.5.